The van der Waals surface area contributed by atoms with Crippen LogP contribution in [0.3, 0.4) is 0 Å². The highest BCUT2D eigenvalue weighted by Crippen LogP contribution is 2.39. The third-order valence-corrected chi connectivity index (χ3v) is 5.18. The Bertz CT molecular complexity index is 453. The minimum Gasteiger partial charge on any atom is -0.371 e. The van der Waals surface area contributed by atoms with Gasteiger partial charge in [0.1, 0.15) is 0 Å². The van der Waals surface area contributed by atoms with E-state index in [0.717, 1.165) is 19.0 Å². The minimum atomic E-state index is 0.489. The van der Waals surface area contributed by atoms with Crippen LogP contribution >= 0.6 is 0 Å². The van der Waals surface area contributed by atoms with Crippen LogP contribution in [0.5, 0.6) is 0 Å². The summed E-state index contributed by atoms with van der Waals surface area (Å²) in [6, 6.07) is 9.44. The van der Waals surface area contributed by atoms with Crippen LogP contribution in [0.15, 0.2) is 24.3 Å². The van der Waals surface area contributed by atoms with Gasteiger partial charge in [-0.05, 0) is 63.1 Å². The van der Waals surface area contributed by atoms with Crippen molar-refractivity contribution in [2.75, 3.05) is 25.0 Å². The summed E-state index contributed by atoms with van der Waals surface area (Å²) in [7, 11) is 2.13. The van der Waals surface area contributed by atoms with Gasteiger partial charge in [-0.2, -0.15) is 0 Å². The van der Waals surface area contributed by atoms with Crippen molar-refractivity contribution in [1.29, 1.82) is 0 Å². The van der Waals surface area contributed by atoms with E-state index in [2.05, 4.69) is 69.2 Å². The summed E-state index contributed by atoms with van der Waals surface area (Å²) in [6.07, 6.45) is 3.96. The molecule has 0 heterocycles. The minimum absolute atomic E-state index is 0.489. The second-order valence-electron chi connectivity index (χ2n) is 7.39. The zero-order valence-electron chi connectivity index (χ0n) is 14.4. The smallest absolute Gasteiger partial charge is 0.0395 e. The predicted molar refractivity (Wildman–Crippen MR) is 93.0 cm³/mol. The maximum absolute atomic E-state index is 3.56. The van der Waals surface area contributed by atoms with Crippen LogP contribution in [-0.2, 0) is 0 Å². The number of anilines is 1. The van der Waals surface area contributed by atoms with Crippen molar-refractivity contribution in [2.24, 2.45) is 11.3 Å². The highest BCUT2D eigenvalue weighted by molar-refractivity contribution is 5.52. The van der Waals surface area contributed by atoms with Crippen LogP contribution in [0.25, 0.3) is 0 Å². The maximum Gasteiger partial charge on any atom is 0.0395 e. The largest absolute Gasteiger partial charge is 0.371 e. The van der Waals surface area contributed by atoms with Crippen molar-refractivity contribution in [1.82, 2.24) is 5.32 Å². The van der Waals surface area contributed by atoms with E-state index in [1.165, 1.54) is 30.5 Å². The van der Waals surface area contributed by atoms with Crippen LogP contribution in [0, 0.1) is 18.3 Å². The van der Waals surface area contributed by atoms with Gasteiger partial charge in [0.05, 0.1) is 0 Å². The molecule has 0 saturated heterocycles. The third-order valence-electron chi connectivity index (χ3n) is 5.18. The Labute approximate surface area is 130 Å². The van der Waals surface area contributed by atoms with Gasteiger partial charge in [0, 0.05) is 24.8 Å². The van der Waals surface area contributed by atoms with E-state index in [0.29, 0.717) is 11.5 Å². The third kappa shape index (κ3) is 4.00. The molecule has 1 aliphatic rings. The monoisotopic (exact) mass is 288 g/mol. The SMILES string of the molecule is CCN(CC1CC(C)(C)CCC1NC)c1ccccc1C. The average molecular weight is 288 g/mol. The van der Waals surface area contributed by atoms with Gasteiger partial charge < -0.3 is 10.2 Å². The molecule has 0 bridgehead atoms. The molecule has 1 saturated carbocycles. The van der Waals surface area contributed by atoms with Gasteiger partial charge in [0.2, 0.25) is 0 Å². The van der Waals surface area contributed by atoms with E-state index in [-0.39, 0.29) is 0 Å². The fraction of sp³-hybridized carbons (Fsp3) is 0.684. The fourth-order valence-corrected chi connectivity index (χ4v) is 3.91. The Morgan fingerprint density at radius 3 is 2.62 bits per heavy atom. The lowest BCUT2D eigenvalue weighted by atomic mass is 9.69. The molecule has 0 aliphatic heterocycles. The van der Waals surface area contributed by atoms with Crippen LogP contribution in [0.4, 0.5) is 5.69 Å². The van der Waals surface area contributed by atoms with Gasteiger partial charge >= 0.3 is 0 Å². The Morgan fingerprint density at radius 1 is 1.29 bits per heavy atom. The summed E-state index contributed by atoms with van der Waals surface area (Å²) < 4.78 is 0. The molecule has 1 aliphatic carbocycles. The van der Waals surface area contributed by atoms with E-state index < -0.39 is 0 Å². The van der Waals surface area contributed by atoms with E-state index >= 15 is 0 Å². The van der Waals surface area contributed by atoms with Gasteiger partial charge in [-0.15, -0.1) is 0 Å². The number of hydrogen-bond donors (Lipinski definition) is 1. The lowest BCUT2D eigenvalue weighted by Gasteiger charge is -2.43. The van der Waals surface area contributed by atoms with E-state index in [1.54, 1.807) is 0 Å². The molecule has 0 radical (unpaired) electrons. The molecule has 1 N–H and O–H groups in total. The molecule has 21 heavy (non-hydrogen) atoms. The quantitative estimate of drug-likeness (QED) is 0.872. The molecule has 1 fully saturated rings. The molecule has 118 valence electrons. The number of hydrogen-bond acceptors (Lipinski definition) is 2. The Balaban J connectivity index is 2.14. The van der Waals surface area contributed by atoms with Crippen LogP contribution in [0.1, 0.15) is 45.6 Å². The molecule has 0 spiro atoms. The van der Waals surface area contributed by atoms with Crippen molar-refractivity contribution >= 4 is 5.69 Å². The van der Waals surface area contributed by atoms with Gasteiger partial charge in [-0.3, -0.25) is 0 Å². The summed E-state index contributed by atoms with van der Waals surface area (Å²) >= 11 is 0. The predicted octanol–water partition coefficient (Wildman–Crippen LogP) is 4.24. The Hall–Kier alpha value is -1.02. The number of benzene rings is 1. The molecule has 2 heteroatoms. The molecule has 1 aromatic rings. The Kier molecular flexibility index (Phi) is 5.32. The van der Waals surface area contributed by atoms with Crippen molar-refractivity contribution in [2.45, 2.75) is 53.0 Å². The van der Waals surface area contributed by atoms with Crippen molar-refractivity contribution in [3.63, 3.8) is 0 Å². The number of nitrogens with zero attached hydrogens (tertiary/aromatic N) is 1. The van der Waals surface area contributed by atoms with Crippen LogP contribution in [0.2, 0.25) is 0 Å². The second kappa shape index (κ2) is 6.83. The van der Waals surface area contributed by atoms with E-state index in [4.69, 9.17) is 0 Å². The zero-order valence-corrected chi connectivity index (χ0v) is 14.4. The highest BCUT2D eigenvalue weighted by Gasteiger charge is 2.34. The summed E-state index contributed by atoms with van der Waals surface area (Å²) in [4.78, 5) is 2.56. The second-order valence-corrected chi connectivity index (χ2v) is 7.39. The van der Waals surface area contributed by atoms with Gasteiger partial charge in [-0.25, -0.2) is 0 Å². The molecule has 0 amide bonds. The topological polar surface area (TPSA) is 15.3 Å². The Morgan fingerprint density at radius 2 is 2.00 bits per heavy atom. The first-order valence-electron chi connectivity index (χ1n) is 8.44. The standard InChI is InChI=1S/C19H32N2/c1-6-21(18-10-8-7-9-15(18)2)14-16-13-19(3,4)12-11-17(16)20-5/h7-10,16-17,20H,6,11-14H2,1-5H3. The zero-order chi connectivity index (χ0) is 15.5. The normalized spacial score (nSPS) is 24.8. The first kappa shape index (κ1) is 16.4. The van der Waals surface area contributed by atoms with Gasteiger partial charge in [-0.1, -0.05) is 32.0 Å². The summed E-state index contributed by atoms with van der Waals surface area (Å²) in [5.41, 5.74) is 3.28. The van der Waals surface area contributed by atoms with Gasteiger partial charge in [0.15, 0.2) is 0 Å². The number of nitrogens with one attached hydrogen (secondary N) is 1. The summed E-state index contributed by atoms with van der Waals surface area (Å²) in [5, 5.41) is 3.56. The fourth-order valence-electron chi connectivity index (χ4n) is 3.91. The molecule has 1 aromatic carbocycles. The first-order chi connectivity index (χ1) is 9.96. The number of para-hydroxylation sites is 1. The molecular weight excluding hydrogens is 256 g/mol. The summed E-state index contributed by atoms with van der Waals surface area (Å²) in [5.74, 6) is 0.735. The summed E-state index contributed by atoms with van der Waals surface area (Å²) in [6.45, 7) is 11.6. The molecule has 2 nitrogen and oxygen atoms in total. The molecule has 2 atom stereocenters. The van der Waals surface area contributed by atoms with Crippen molar-refractivity contribution in [3.8, 4) is 0 Å². The van der Waals surface area contributed by atoms with E-state index in [9.17, 15) is 0 Å². The highest BCUT2D eigenvalue weighted by atomic mass is 15.1. The lowest BCUT2D eigenvalue weighted by Crippen LogP contribution is -2.46. The molecular formula is C19H32N2. The maximum atomic E-state index is 3.56. The molecule has 2 unspecified atom stereocenters. The van der Waals surface area contributed by atoms with E-state index in [1.807, 2.05) is 0 Å². The van der Waals surface area contributed by atoms with Crippen molar-refractivity contribution < 1.29 is 0 Å². The average Bonchev–Trinajstić information content (AvgIpc) is 2.45. The van der Waals surface area contributed by atoms with Crippen LogP contribution in [-0.4, -0.2) is 26.2 Å². The molecule has 0 aromatic heterocycles. The lowest BCUT2D eigenvalue weighted by molar-refractivity contribution is 0.145. The van der Waals surface area contributed by atoms with Crippen molar-refractivity contribution in [3.05, 3.63) is 29.8 Å². The first-order valence-corrected chi connectivity index (χ1v) is 8.44. The number of aryl methyl sites for hydroxylation is 1. The van der Waals surface area contributed by atoms with Gasteiger partial charge in [0.25, 0.3) is 0 Å². The van der Waals surface area contributed by atoms with Crippen LogP contribution < -0.4 is 10.2 Å². The molecule has 2 rings (SSSR count). The number of rotatable bonds is 5.